The molecular weight excluding hydrogens is 294 g/mol. The molecule has 0 unspecified atom stereocenters. The van der Waals surface area contributed by atoms with Crippen molar-refractivity contribution in [3.8, 4) is 11.1 Å². The van der Waals surface area contributed by atoms with Gasteiger partial charge in [0.2, 0.25) is 0 Å². The van der Waals surface area contributed by atoms with Gasteiger partial charge in [-0.05, 0) is 34.1 Å². The highest BCUT2D eigenvalue weighted by Crippen LogP contribution is 2.22. The molecule has 3 nitrogen and oxygen atoms in total. The van der Waals surface area contributed by atoms with Crippen LogP contribution in [0.2, 0.25) is 0 Å². The summed E-state index contributed by atoms with van der Waals surface area (Å²) in [7, 11) is 0. The molecule has 4 heteroatoms. The van der Waals surface area contributed by atoms with Crippen LogP contribution in [0.15, 0.2) is 62.5 Å². The van der Waals surface area contributed by atoms with Gasteiger partial charge in [-0.15, -0.1) is 0 Å². The Labute approximate surface area is 111 Å². The van der Waals surface area contributed by atoms with Gasteiger partial charge in [-0.2, -0.15) is 0 Å². The zero-order valence-electron chi connectivity index (χ0n) is 9.26. The van der Waals surface area contributed by atoms with Crippen LogP contribution < -0.4 is 5.63 Å². The first-order valence-electron chi connectivity index (χ1n) is 5.37. The van der Waals surface area contributed by atoms with Crippen molar-refractivity contribution in [3.63, 3.8) is 0 Å². The van der Waals surface area contributed by atoms with Gasteiger partial charge < -0.3 is 4.42 Å². The average molecular weight is 302 g/mol. The van der Waals surface area contributed by atoms with Crippen molar-refractivity contribution < 1.29 is 4.42 Å². The predicted molar refractivity (Wildman–Crippen MR) is 73.4 cm³/mol. The molecule has 0 radical (unpaired) electrons. The maximum atomic E-state index is 11.7. The van der Waals surface area contributed by atoms with E-state index in [1.165, 1.54) is 6.26 Å². The Bertz CT molecular complexity index is 780. The average Bonchev–Trinajstić information content (AvgIpc) is 2.41. The molecule has 3 rings (SSSR count). The van der Waals surface area contributed by atoms with Gasteiger partial charge in [0.15, 0.2) is 0 Å². The molecule has 2 heterocycles. The van der Waals surface area contributed by atoms with E-state index in [-0.39, 0.29) is 5.63 Å². The quantitative estimate of drug-likeness (QED) is 0.689. The van der Waals surface area contributed by atoms with E-state index >= 15 is 0 Å². The maximum Gasteiger partial charge on any atom is 0.343 e. The first kappa shape index (κ1) is 11.2. The van der Waals surface area contributed by atoms with Crippen molar-refractivity contribution in [2.75, 3.05) is 0 Å². The minimum absolute atomic E-state index is 0.365. The SMILES string of the molecule is O=c1occ(Br)cc1-c1cnc2ccccc2c1. The zero-order valence-corrected chi connectivity index (χ0v) is 10.8. The monoisotopic (exact) mass is 301 g/mol. The van der Waals surface area contributed by atoms with E-state index in [1.54, 1.807) is 12.3 Å². The molecule has 0 spiro atoms. The van der Waals surface area contributed by atoms with Crippen molar-refractivity contribution in [2.24, 2.45) is 0 Å². The lowest BCUT2D eigenvalue weighted by atomic mass is 10.1. The zero-order chi connectivity index (χ0) is 12.5. The normalized spacial score (nSPS) is 10.7. The van der Waals surface area contributed by atoms with E-state index in [0.29, 0.717) is 5.56 Å². The number of halogens is 1. The lowest BCUT2D eigenvalue weighted by Gasteiger charge is -2.02. The third kappa shape index (κ3) is 1.95. The molecular formula is C14H8BrNO2. The number of nitrogens with zero attached hydrogens (tertiary/aromatic N) is 1. The summed E-state index contributed by atoms with van der Waals surface area (Å²) in [4.78, 5) is 16.0. The molecule has 0 aliphatic rings. The van der Waals surface area contributed by atoms with Gasteiger partial charge in [0.05, 0.1) is 15.6 Å². The van der Waals surface area contributed by atoms with Crippen LogP contribution in [0.5, 0.6) is 0 Å². The van der Waals surface area contributed by atoms with E-state index in [9.17, 15) is 4.79 Å². The second-order valence-corrected chi connectivity index (χ2v) is 4.80. The molecule has 18 heavy (non-hydrogen) atoms. The molecule has 0 atom stereocenters. The Balaban J connectivity index is 2.25. The highest BCUT2D eigenvalue weighted by atomic mass is 79.9. The topological polar surface area (TPSA) is 43.1 Å². The molecule has 1 aromatic carbocycles. The number of benzene rings is 1. The van der Waals surface area contributed by atoms with Crippen LogP contribution in [-0.2, 0) is 0 Å². The number of aromatic nitrogens is 1. The van der Waals surface area contributed by atoms with Gasteiger partial charge in [0, 0.05) is 17.1 Å². The lowest BCUT2D eigenvalue weighted by Crippen LogP contribution is -2.02. The molecule has 0 aliphatic carbocycles. The lowest BCUT2D eigenvalue weighted by molar-refractivity contribution is 0.510. The van der Waals surface area contributed by atoms with Crippen molar-refractivity contribution >= 4 is 26.8 Å². The Kier molecular flexibility index (Phi) is 2.72. The molecule has 0 fully saturated rings. The van der Waals surface area contributed by atoms with Gasteiger partial charge >= 0.3 is 5.63 Å². The minimum atomic E-state index is -0.365. The van der Waals surface area contributed by atoms with Crippen molar-refractivity contribution in [3.05, 3.63) is 63.8 Å². The van der Waals surface area contributed by atoms with Crippen LogP contribution in [-0.4, -0.2) is 4.98 Å². The molecule has 0 saturated heterocycles. The second kappa shape index (κ2) is 4.38. The highest BCUT2D eigenvalue weighted by molar-refractivity contribution is 9.10. The molecule has 2 aromatic heterocycles. The molecule has 88 valence electrons. The van der Waals surface area contributed by atoms with Crippen LogP contribution in [0.25, 0.3) is 22.0 Å². The summed E-state index contributed by atoms with van der Waals surface area (Å²) in [6.45, 7) is 0. The molecule has 0 aliphatic heterocycles. The smallest absolute Gasteiger partial charge is 0.343 e. The second-order valence-electron chi connectivity index (χ2n) is 3.88. The number of hydrogen-bond donors (Lipinski definition) is 0. The number of para-hydroxylation sites is 1. The largest absolute Gasteiger partial charge is 0.430 e. The number of pyridine rings is 1. The van der Waals surface area contributed by atoms with Crippen LogP contribution >= 0.6 is 15.9 Å². The minimum Gasteiger partial charge on any atom is -0.430 e. The third-order valence-electron chi connectivity index (χ3n) is 2.68. The van der Waals surface area contributed by atoms with Gasteiger partial charge in [0.25, 0.3) is 0 Å². The van der Waals surface area contributed by atoms with Crippen molar-refractivity contribution in [2.45, 2.75) is 0 Å². The fourth-order valence-electron chi connectivity index (χ4n) is 1.82. The van der Waals surface area contributed by atoms with Crippen LogP contribution in [0.4, 0.5) is 0 Å². The van der Waals surface area contributed by atoms with E-state index in [1.807, 2.05) is 30.3 Å². The highest BCUT2D eigenvalue weighted by Gasteiger charge is 2.07. The summed E-state index contributed by atoms with van der Waals surface area (Å²) in [6.07, 6.45) is 3.06. The fourth-order valence-corrected chi connectivity index (χ4v) is 2.15. The Morgan fingerprint density at radius 3 is 2.89 bits per heavy atom. The Morgan fingerprint density at radius 1 is 1.17 bits per heavy atom. The standard InChI is InChI=1S/C14H8BrNO2/c15-11-6-12(14(17)18-8-11)10-5-9-3-1-2-4-13(9)16-7-10/h1-8H. The van der Waals surface area contributed by atoms with Crippen LogP contribution in [0, 0.1) is 0 Å². The number of hydrogen-bond acceptors (Lipinski definition) is 3. The summed E-state index contributed by atoms with van der Waals surface area (Å²) >= 11 is 3.29. The first-order chi connectivity index (χ1) is 8.74. The Hall–Kier alpha value is -1.94. The van der Waals surface area contributed by atoms with Gasteiger partial charge in [0.1, 0.15) is 6.26 Å². The summed E-state index contributed by atoms with van der Waals surface area (Å²) < 4.78 is 5.65. The van der Waals surface area contributed by atoms with Gasteiger partial charge in [-0.1, -0.05) is 18.2 Å². The van der Waals surface area contributed by atoms with E-state index in [2.05, 4.69) is 20.9 Å². The first-order valence-corrected chi connectivity index (χ1v) is 6.17. The predicted octanol–water partition coefficient (Wildman–Crippen LogP) is 3.62. The Morgan fingerprint density at radius 2 is 2.00 bits per heavy atom. The van der Waals surface area contributed by atoms with Gasteiger partial charge in [-0.3, -0.25) is 4.98 Å². The molecule has 0 saturated carbocycles. The molecule has 0 amide bonds. The number of fused-ring (bicyclic) bond motifs is 1. The van der Waals surface area contributed by atoms with E-state index in [0.717, 1.165) is 20.9 Å². The molecule has 0 bridgehead atoms. The summed E-state index contributed by atoms with van der Waals surface area (Å²) in [5, 5.41) is 0.995. The van der Waals surface area contributed by atoms with Crippen molar-refractivity contribution in [1.29, 1.82) is 0 Å². The van der Waals surface area contributed by atoms with E-state index in [4.69, 9.17) is 4.42 Å². The summed E-state index contributed by atoms with van der Waals surface area (Å²) in [6, 6.07) is 11.4. The molecule has 0 N–H and O–H groups in total. The van der Waals surface area contributed by atoms with Gasteiger partial charge in [-0.25, -0.2) is 4.79 Å². The molecule has 3 aromatic rings. The summed E-state index contributed by atoms with van der Waals surface area (Å²) in [5.74, 6) is 0. The number of rotatable bonds is 1. The third-order valence-corrected chi connectivity index (χ3v) is 3.10. The summed E-state index contributed by atoms with van der Waals surface area (Å²) in [5.41, 5.74) is 1.79. The van der Waals surface area contributed by atoms with Crippen LogP contribution in [0.3, 0.4) is 0 Å². The van der Waals surface area contributed by atoms with Crippen molar-refractivity contribution in [1.82, 2.24) is 4.98 Å². The maximum absolute atomic E-state index is 11.7. The van der Waals surface area contributed by atoms with Crippen LogP contribution in [0.1, 0.15) is 0 Å². The van der Waals surface area contributed by atoms with E-state index < -0.39 is 0 Å². The fraction of sp³-hybridized carbons (Fsp3) is 0.